The Labute approximate surface area is 148 Å². The van der Waals surface area contributed by atoms with Gasteiger partial charge in [0.1, 0.15) is 0 Å². The zero-order valence-corrected chi connectivity index (χ0v) is 15.2. The number of nitrogens with zero attached hydrogens (tertiary/aromatic N) is 2. The van der Waals surface area contributed by atoms with Gasteiger partial charge in [-0.05, 0) is 18.4 Å². The molecule has 4 rings (SSSR count). The Morgan fingerprint density at radius 3 is 2.36 bits per heavy atom. The molecule has 1 saturated carbocycles. The number of aliphatic hydroxyl groups is 1. The third-order valence-corrected chi connectivity index (χ3v) is 7.38. The number of sulfonamides is 1. The van der Waals surface area contributed by atoms with E-state index in [1.807, 2.05) is 35.2 Å². The van der Waals surface area contributed by atoms with Gasteiger partial charge in [-0.15, -0.1) is 0 Å². The Morgan fingerprint density at radius 2 is 1.88 bits per heavy atom. The molecule has 2 saturated heterocycles. The molecular weight excluding hydrogens is 340 g/mol. The van der Waals surface area contributed by atoms with Crippen molar-refractivity contribution in [1.29, 1.82) is 0 Å². The molecule has 0 unspecified atom stereocenters. The van der Waals surface area contributed by atoms with E-state index >= 15 is 0 Å². The second-order valence-electron chi connectivity index (χ2n) is 7.61. The first-order valence-electron chi connectivity index (χ1n) is 8.82. The lowest BCUT2D eigenvalue weighted by atomic mass is 9.60. The van der Waals surface area contributed by atoms with Crippen LogP contribution in [0.1, 0.15) is 30.7 Å². The molecule has 3 fully saturated rings. The zero-order chi connectivity index (χ0) is 17.8. The Hall–Kier alpha value is -1.44. The van der Waals surface area contributed by atoms with E-state index in [0.29, 0.717) is 13.1 Å². The Kier molecular flexibility index (Phi) is 3.94. The molecule has 0 bridgehead atoms. The average Bonchev–Trinajstić information content (AvgIpc) is 2.43. The lowest BCUT2D eigenvalue weighted by molar-refractivity contribution is -0.195. The molecule has 2 aliphatic heterocycles. The Morgan fingerprint density at radius 1 is 1.24 bits per heavy atom. The summed E-state index contributed by atoms with van der Waals surface area (Å²) in [7, 11) is -3.27. The smallest absolute Gasteiger partial charge is 0.226 e. The molecule has 1 aliphatic carbocycles. The van der Waals surface area contributed by atoms with Gasteiger partial charge in [-0.1, -0.05) is 36.8 Å². The van der Waals surface area contributed by atoms with E-state index in [2.05, 4.69) is 0 Å². The highest BCUT2D eigenvalue weighted by atomic mass is 32.2. The topological polar surface area (TPSA) is 77.9 Å². The Balaban J connectivity index is 1.68. The molecule has 6 nitrogen and oxygen atoms in total. The predicted octanol–water partition coefficient (Wildman–Crippen LogP) is 0.787. The minimum atomic E-state index is -3.27. The number of likely N-dealkylation sites (tertiary alicyclic amines) is 1. The molecule has 3 aliphatic rings. The molecule has 2 atom stereocenters. The minimum Gasteiger partial charge on any atom is -0.394 e. The molecule has 7 heteroatoms. The van der Waals surface area contributed by atoms with Crippen molar-refractivity contribution in [2.75, 3.05) is 26.0 Å². The number of rotatable bonds is 4. The molecule has 136 valence electrons. The van der Waals surface area contributed by atoms with E-state index < -0.39 is 15.6 Å². The monoisotopic (exact) mass is 364 g/mol. The van der Waals surface area contributed by atoms with Crippen LogP contribution in [0.25, 0.3) is 0 Å². The lowest BCUT2D eigenvalue weighted by Gasteiger charge is -2.70. The van der Waals surface area contributed by atoms with E-state index in [4.69, 9.17) is 0 Å². The van der Waals surface area contributed by atoms with E-state index in [1.165, 1.54) is 10.6 Å². The number of hydrogen-bond acceptors (Lipinski definition) is 4. The fourth-order valence-corrected chi connectivity index (χ4v) is 5.58. The molecule has 1 spiro atoms. The number of amides is 1. The van der Waals surface area contributed by atoms with Crippen molar-refractivity contribution in [2.45, 2.75) is 36.8 Å². The van der Waals surface area contributed by atoms with Crippen molar-refractivity contribution in [1.82, 2.24) is 9.21 Å². The summed E-state index contributed by atoms with van der Waals surface area (Å²) in [5.41, 5.74) is 0.553. The van der Waals surface area contributed by atoms with Gasteiger partial charge in [0, 0.05) is 24.9 Å². The summed E-state index contributed by atoms with van der Waals surface area (Å²) >= 11 is 0. The van der Waals surface area contributed by atoms with Gasteiger partial charge in [0.05, 0.1) is 24.4 Å². The first-order valence-corrected chi connectivity index (χ1v) is 10.7. The Bertz CT molecular complexity index is 770. The summed E-state index contributed by atoms with van der Waals surface area (Å²) in [6, 6.07) is 9.56. The second-order valence-corrected chi connectivity index (χ2v) is 9.59. The maximum atomic E-state index is 13.0. The standard InChI is InChI=1S/C18H24N2O4S/c1-25(23,24)19-11-18(12-19)16(13-6-3-2-4-7-13)15(10-21)20(18)17(22)14-8-5-9-14/h2-4,6-7,14-16,21H,5,8-12H2,1H3/t15-,16+/m1/s1. The number of carbonyl (C=O) groups is 1. The van der Waals surface area contributed by atoms with Gasteiger partial charge in [-0.3, -0.25) is 4.79 Å². The first kappa shape index (κ1) is 17.0. The highest BCUT2D eigenvalue weighted by molar-refractivity contribution is 7.88. The molecule has 0 aromatic heterocycles. The van der Waals surface area contributed by atoms with Crippen LogP contribution in [-0.4, -0.2) is 66.2 Å². The maximum absolute atomic E-state index is 13.0. The van der Waals surface area contributed by atoms with Gasteiger partial charge in [-0.2, -0.15) is 4.31 Å². The summed E-state index contributed by atoms with van der Waals surface area (Å²) in [4.78, 5) is 14.8. The van der Waals surface area contributed by atoms with Crippen molar-refractivity contribution in [3.63, 3.8) is 0 Å². The van der Waals surface area contributed by atoms with Crippen LogP contribution in [0, 0.1) is 5.92 Å². The van der Waals surface area contributed by atoms with Crippen molar-refractivity contribution in [3.05, 3.63) is 35.9 Å². The number of hydrogen-bond donors (Lipinski definition) is 1. The van der Waals surface area contributed by atoms with Crippen LogP contribution in [0.4, 0.5) is 0 Å². The largest absolute Gasteiger partial charge is 0.394 e. The van der Waals surface area contributed by atoms with Crippen molar-refractivity contribution in [3.8, 4) is 0 Å². The van der Waals surface area contributed by atoms with Crippen LogP contribution in [-0.2, 0) is 14.8 Å². The second kappa shape index (κ2) is 5.79. The van der Waals surface area contributed by atoms with Gasteiger partial charge in [0.25, 0.3) is 0 Å². The highest BCUT2D eigenvalue weighted by Crippen LogP contribution is 2.55. The fourth-order valence-electron chi connectivity index (χ4n) is 4.67. The minimum absolute atomic E-state index is 0.0271. The van der Waals surface area contributed by atoms with E-state index in [-0.39, 0.29) is 30.4 Å². The first-order chi connectivity index (χ1) is 11.9. The van der Waals surface area contributed by atoms with Crippen LogP contribution >= 0.6 is 0 Å². The van der Waals surface area contributed by atoms with Crippen molar-refractivity contribution >= 4 is 15.9 Å². The molecule has 0 radical (unpaired) electrons. The molecule has 1 amide bonds. The summed E-state index contributed by atoms with van der Waals surface area (Å²) in [6.45, 7) is 0.541. The third kappa shape index (κ3) is 2.44. The van der Waals surface area contributed by atoms with Gasteiger partial charge >= 0.3 is 0 Å². The van der Waals surface area contributed by atoms with Crippen LogP contribution in [0.3, 0.4) is 0 Å². The molecule has 1 N–H and O–H groups in total. The fraction of sp³-hybridized carbons (Fsp3) is 0.611. The summed E-state index contributed by atoms with van der Waals surface area (Å²) in [5, 5.41) is 9.96. The molecular formula is C18H24N2O4S. The van der Waals surface area contributed by atoms with Crippen molar-refractivity contribution in [2.24, 2.45) is 5.92 Å². The van der Waals surface area contributed by atoms with E-state index in [1.54, 1.807) is 0 Å². The molecule has 2 heterocycles. The van der Waals surface area contributed by atoms with Gasteiger partial charge in [-0.25, -0.2) is 8.42 Å². The number of aliphatic hydroxyl groups excluding tert-OH is 1. The maximum Gasteiger partial charge on any atom is 0.226 e. The predicted molar refractivity (Wildman–Crippen MR) is 93.4 cm³/mol. The van der Waals surface area contributed by atoms with Crippen molar-refractivity contribution < 1.29 is 18.3 Å². The summed E-state index contributed by atoms with van der Waals surface area (Å²) in [5.74, 6) is 0.0984. The van der Waals surface area contributed by atoms with Gasteiger partial charge in [0.15, 0.2) is 0 Å². The lowest BCUT2D eigenvalue weighted by Crippen LogP contribution is -2.86. The van der Waals surface area contributed by atoms with Crippen LogP contribution < -0.4 is 0 Å². The molecule has 1 aromatic carbocycles. The zero-order valence-electron chi connectivity index (χ0n) is 14.3. The normalized spacial score (nSPS) is 29.0. The molecule has 1 aromatic rings. The third-order valence-electron chi connectivity index (χ3n) is 6.18. The number of benzene rings is 1. The van der Waals surface area contributed by atoms with Crippen LogP contribution in [0.2, 0.25) is 0 Å². The number of carbonyl (C=O) groups excluding carboxylic acids is 1. The van der Waals surface area contributed by atoms with E-state index in [0.717, 1.165) is 24.8 Å². The van der Waals surface area contributed by atoms with Gasteiger partial charge in [0.2, 0.25) is 15.9 Å². The van der Waals surface area contributed by atoms with E-state index in [9.17, 15) is 18.3 Å². The molecule has 25 heavy (non-hydrogen) atoms. The highest BCUT2D eigenvalue weighted by Gasteiger charge is 2.69. The quantitative estimate of drug-likeness (QED) is 0.857. The summed E-state index contributed by atoms with van der Waals surface area (Å²) < 4.78 is 25.2. The summed E-state index contributed by atoms with van der Waals surface area (Å²) in [6.07, 6.45) is 4.07. The van der Waals surface area contributed by atoms with Crippen LogP contribution in [0.15, 0.2) is 30.3 Å². The average molecular weight is 364 g/mol. The van der Waals surface area contributed by atoms with Crippen LogP contribution in [0.5, 0.6) is 0 Å². The SMILES string of the molecule is CS(=O)(=O)N1CC2(C1)[C@@H](c1ccccc1)[C@@H](CO)N2C(=O)C1CCC1. The van der Waals surface area contributed by atoms with Gasteiger partial charge < -0.3 is 10.0 Å².